The van der Waals surface area contributed by atoms with Crippen molar-refractivity contribution in [1.82, 2.24) is 15.6 Å². The highest BCUT2D eigenvalue weighted by Crippen LogP contribution is 2.15. The standard InChI is InChI=1S/C18H26N4S/c1-5-17-22-16(12-23-17)11-21-18(19-4)20-10-14(3)15-8-6-7-13(2)9-15/h6-9,12,14H,5,10-11H2,1-4H3,(H2,19,20,21). The molecule has 2 rings (SSSR count). The molecule has 0 aliphatic carbocycles. The fourth-order valence-corrected chi connectivity index (χ4v) is 3.08. The van der Waals surface area contributed by atoms with E-state index < -0.39 is 0 Å². The molecule has 0 fully saturated rings. The SMILES string of the molecule is CCc1nc(CNC(=NC)NCC(C)c2cccc(C)c2)cs1. The predicted octanol–water partition coefficient (Wildman–Crippen LogP) is 3.48. The molecule has 1 atom stereocenters. The zero-order chi connectivity index (χ0) is 16.7. The second-order valence-electron chi connectivity index (χ2n) is 5.71. The van der Waals surface area contributed by atoms with Gasteiger partial charge in [-0.25, -0.2) is 4.98 Å². The number of guanidine groups is 1. The van der Waals surface area contributed by atoms with Gasteiger partial charge in [0.05, 0.1) is 17.2 Å². The third-order valence-corrected chi connectivity index (χ3v) is 4.79. The molecule has 0 bridgehead atoms. The van der Waals surface area contributed by atoms with Crippen molar-refractivity contribution in [3.8, 4) is 0 Å². The van der Waals surface area contributed by atoms with Crippen molar-refractivity contribution in [3.05, 3.63) is 51.5 Å². The molecule has 0 saturated heterocycles. The van der Waals surface area contributed by atoms with E-state index in [0.29, 0.717) is 12.5 Å². The first-order valence-electron chi connectivity index (χ1n) is 8.06. The van der Waals surface area contributed by atoms with E-state index in [9.17, 15) is 0 Å². The highest BCUT2D eigenvalue weighted by atomic mass is 32.1. The summed E-state index contributed by atoms with van der Waals surface area (Å²) in [7, 11) is 1.80. The van der Waals surface area contributed by atoms with Crippen LogP contribution in [0.4, 0.5) is 0 Å². The minimum Gasteiger partial charge on any atom is -0.356 e. The number of rotatable bonds is 6. The van der Waals surface area contributed by atoms with Gasteiger partial charge in [0.2, 0.25) is 0 Å². The zero-order valence-corrected chi connectivity index (χ0v) is 15.2. The number of aryl methyl sites for hydroxylation is 2. The van der Waals surface area contributed by atoms with Gasteiger partial charge in [-0.1, -0.05) is 43.7 Å². The summed E-state index contributed by atoms with van der Waals surface area (Å²) in [5.74, 6) is 1.25. The Morgan fingerprint density at radius 1 is 1.35 bits per heavy atom. The normalized spacial score (nSPS) is 13.0. The summed E-state index contributed by atoms with van der Waals surface area (Å²) in [6.45, 7) is 8.03. The fraction of sp³-hybridized carbons (Fsp3) is 0.444. The first kappa shape index (κ1) is 17.5. The predicted molar refractivity (Wildman–Crippen MR) is 99.3 cm³/mol. The number of hydrogen-bond donors (Lipinski definition) is 2. The summed E-state index contributed by atoms with van der Waals surface area (Å²) in [6, 6.07) is 8.66. The number of nitrogens with one attached hydrogen (secondary N) is 2. The molecule has 0 spiro atoms. The summed E-state index contributed by atoms with van der Waals surface area (Å²) >= 11 is 1.71. The van der Waals surface area contributed by atoms with Crippen LogP contribution < -0.4 is 10.6 Å². The van der Waals surface area contributed by atoms with Gasteiger partial charge in [0.15, 0.2) is 5.96 Å². The lowest BCUT2D eigenvalue weighted by atomic mass is 9.99. The van der Waals surface area contributed by atoms with Gasteiger partial charge in [-0.15, -0.1) is 11.3 Å². The lowest BCUT2D eigenvalue weighted by molar-refractivity contribution is 0.696. The molecule has 1 unspecified atom stereocenters. The molecule has 0 radical (unpaired) electrons. The minimum atomic E-state index is 0.430. The summed E-state index contributed by atoms with van der Waals surface area (Å²) in [6.07, 6.45) is 0.992. The molecular weight excluding hydrogens is 304 g/mol. The van der Waals surface area contributed by atoms with Gasteiger partial charge < -0.3 is 10.6 Å². The number of aliphatic imine (C=N–C) groups is 1. The largest absolute Gasteiger partial charge is 0.356 e. The Labute approximate surface area is 143 Å². The average Bonchev–Trinajstić information content (AvgIpc) is 3.03. The quantitative estimate of drug-likeness (QED) is 0.630. The second kappa shape index (κ2) is 8.67. The van der Waals surface area contributed by atoms with Gasteiger partial charge in [-0.2, -0.15) is 0 Å². The third kappa shape index (κ3) is 5.36. The number of nitrogens with zero attached hydrogens (tertiary/aromatic N) is 2. The Hall–Kier alpha value is -1.88. The molecule has 4 nitrogen and oxygen atoms in total. The fourth-order valence-electron chi connectivity index (χ4n) is 2.33. The van der Waals surface area contributed by atoms with Gasteiger partial charge >= 0.3 is 0 Å². The van der Waals surface area contributed by atoms with Crippen molar-refractivity contribution in [1.29, 1.82) is 0 Å². The number of benzene rings is 1. The molecule has 2 N–H and O–H groups in total. The molecule has 1 aromatic heterocycles. The summed E-state index contributed by atoms with van der Waals surface area (Å²) in [5.41, 5.74) is 3.72. The van der Waals surface area contributed by atoms with Crippen LogP contribution >= 0.6 is 11.3 Å². The van der Waals surface area contributed by atoms with Crippen LogP contribution in [0.25, 0.3) is 0 Å². The van der Waals surface area contributed by atoms with Gasteiger partial charge in [0.25, 0.3) is 0 Å². The van der Waals surface area contributed by atoms with Crippen molar-refractivity contribution < 1.29 is 0 Å². The van der Waals surface area contributed by atoms with Crippen LogP contribution in [0.1, 0.15) is 41.6 Å². The molecule has 0 saturated carbocycles. The van der Waals surface area contributed by atoms with Crippen LogP contribution in [0.15, 0.2) is 34.6 Å². The van der Waals surface area contributed by atoms with Gasteiger partial charge in [0.1, 0.15) is 0 Å². The minimum absolute atomic E-state index is 0.430. The summed E-state index contributed by atoms with van der Waals surface area (Å²) < 4.78 is 0. The molecule has 23 heavy (non-hydrogen) atoms. The van der Waals surface area contributed by atoms with Crippen LogP contribution in [0.5, 0.6) is 0 Å². The van der Waals surface area contributed by atoms with Gasteiger partial charge in [-0.3, -0.25) is 4.99 Å². The molecule has 1 aromatic carbocycles. The Morgan fingerprint density at radius 2 is 2.17 bits per heavy atom. The van der Waals surface area contributed by atoms with Crippen molar-refractivity contribution in [2.45, 2.75) is 39.7 Å². The summed E-state index contributed by atoms with van der Waals surface area (Å²) in [4.78, 5) is 8.84. The number of hydrogen-bond acceptors (Lipinski definition) is 3. The van der Waals surface area contributed by atoms with Crippen LogP contribution in [0, 0.1) is 6.92 Å². The zero-order valence-electron chi connectivity index (χ0n) is 14.4. The molecule has 1 heterocycles. The van der Waals surface area contributed by atoms with E-state index in [0.717, 1.165) is 24.6 Å². The third-order valence-electron chi connectivity index (χ3n) is 3.75. The average molecular weight is 331 g/mol. The van der Waals surface area contributed by atoms with Crippen LogP contribution in [0.3, 0.4) is 0 Å². The second-order valence-corrected chi connectivity index (χ2v) is 6.65. The van der Waals surface area contributed by atoms with Gasteiger partial charge in [0, 0.05) is 19.0 Å². The Bertz CT molecular complexity index is 648. The lowest BCUT2D eigenvalue weighted by Gasteiger charge is -2.16. The molecule has 0 aliphatic heterocycles. The van der Waals surface area contributed by atoms with E-state index in [1.165, 1.54) is 16.1 Å². The molecule has 2 aromatic rings. The van der Waals surface area contributed by atoms with E-state index in [1.54, 1.807) is 18.4 Å². The van der Waals surface area contributed by atoms with E-state index >= 15 is 0 Å². The van der Waals surface area contributed by atoms with E-state index in [4.69, 9.17) is 0 Å². The van der Waals surface area contributed by atoms with Crippen LogP contribution in [-0.2, 0) is 13.0 Å². The monoisotopic (exact) mass is 330 g/mol. The van der Waals surface area contributed by atoms with Crippen molar-refractivity contribution in [2.24, 2.45) is 4.99 Å². The Morgan fingerprint density at radius 3 is 2.83 bits per heavy atom. The molecule has 5 heteroatoms. The highest BCUT2D eigenvalue weighted by molar-refractivity contribution is 7.09. The van der Waals surface area contributed by atoms with Crippen molar-refractivity contribution in [3.63, 3.8) is 0 Å². The maximum absolute atomic E-state index is 4.56. The molecule has 0 amide bonds. The van der Waals surface area contributed by atoms with E-state index in [1.807, 2.05) is 0 Å². The van der Waals surface area contributed by atoms with Gasteiger partial charge in [-0.05, 0) is 24.8 Å². The first-order valence-corrected chi connectivity index (χ1v) is 8.94. The number of aromatic nitrogens is 1. The van der Waals surface area contributed by atoms with Crippen molar-refractivity contribution in [2.75, 3.05) is 13.6 Å². The molecular formula is C18H26N4S. The molecule has 124 valence electrons. The maximum atomic E-state index is 4.56. The Balaban J connectivity index is 1.82. The first-order chi connectivity index (χ1) is 11.1. The number of thiazole rings is 1. The van der Waals surface area contributed by atoms with E-state index in [2.05, 4.69) is 71.0 Å². The van der Waals surface area contributed by atoms with E-state index in [-0.39, 0.29) is 0 Å². The van der Waals surface area contributed by atoms with Crippen LogP contribution in [-0.4, -0.2) is 24.5 Å². The molecule has 0 aliphatic rings. The van der Waals surface area contributed by atoms with Crippen LogP contribution in [0.2, 0.25) is 0 Å². The lowest BCUT2D eigenvalue weighted by Crippen LogP contribution is -2.38. The van der Waals surface area contributed by atoms with Crippen molar-refractivity contribution >= 4 is 17.3 Å². The highest BCUT2D eigenvalue weighted by Gasteiger charge is 2.07. The topological polar surface area (TPSA) is 49.3 Å². The maximum Gasteiger partial charge on any atom is 0.191 e. The smallest absolute Gasteiger partial charge is 0.191 e. The summed E-state index contributed by atoms with van der Waals surface area (Å²) in [5, 5.41) is 10.0. The Kier molecular flexibility index (Phi) is 6.59.